The summed E-state index contributed by atoms with van der Waals surface area (Å²) in [6.45, 7) is 1.91. The summed E-state index contributed by atoms with van der Waals surface area (Å²) in [5, 5.41) is 0. The minimum Gasteiger partial charge on any atom is -0.367 e. The fourth-order valence-corrected chi connectivity index (χ4v) is 3.14. The minimum atomic E-state index is -0.377. The molecular weight excluding hydrogens is 280 g/mol. The lowest BCUT2D eigenvalue weighted by molar-refractivity contribution is 0.100. The Bertz CT molecular complexity index is 667. The Labute approximate surface area is 129 Å². The molecule has 4 heteroatoms. The third-order valence-electron chi connectivity index (χ3n) is 3.90. The first-order valence-electron chi connectivity index (χ1n) is 6.98. The number of fused-ring (bicyclic) bond motifs is 1. The van der Waals surface area contributed by atoms with Gasteiger partial charge in [0.2, 0.25) is 5.91 Å². The van der Waals surface area contributed by atoms with Gasteiger partial charge >= 0.3 is 0 Å². The van der Waals surface area contributed by atoms with Crippen molar-refractivity contribution in [2.24, 2.45) is 5.73 Å². The zero-order valence-electron chi connectivity index (χ0n) is 12.0. The van der Waals surface area contributed by atoms with E-state index in [9.17, 15) is 4.79 Å². The van der Waals surface area contributed by atoms with E-state index in [0.717, 1.165) is 19.5 Å². The fraction of sp³-hybridized carbons (Fsp3) is 0.235. The Kier molecular flexibility index (Phi) is 3.88. The van der Waals surface area contributed by atoms with Crippen molar-refractivity contribution in [1.82, 2.24) is 0 Å². The quantitative estimate of drug-likeness (QED) is 0.882. The van der Waals surface area contributed by atoms with Crippen LogP contribution in [0.2, 0.25) is 0 Å². The van der Waals surface area contributed by atoms with Crippen molar-refractivity contribution in [2.75, 3.05) is 17.7 Å². The summed E-state index contributed by atoms with van der Waals surface area (Å²) in [6, 6.07) is 14.3. The van der Waals surface area contributed by atoms with Crippen molar-refractivity contribution in [3.05, 3.63) is 59.2 Å². The van der Waals surface area contributed by atoms with Gasteiger partial charge in [-0.05, 0) is 48.1 Å². The zero-order chi connectivity index (χ0) is 14.8. The summed E-state index contributed by atoms with van der Waals surface area (Å²) >= 11 is 1.77. The largest absolute Gasteiger partial charge is 0.367 e. The number of amides is 1. The smallest absolute Gasteiger partial charge is 0.248 e. The van der Waals surface area contributed by atoms with E-state index in [0.29, 0.717) is 5.56 Å². The minimum absolute atomic E-state index is 0.377. The molecule has 0 saturated heterocycles. The summed E-state index contributed by atoms with van der Waals surface area (Å²) in [5.41, 5.74) is 9.78. The van der Waals surface area contributed by atoms with E-state index in [2.05, 4.69) is 29.4 Å². The summed E-state index contributed by atoms with van der Waals surface area (Å²) in [6.07, 6.45) is 3.20. The molecular formula is C17H18N2OS. The Morgan fingerprint density at radius 2 is 2.00 bits per heavy atom. The first kappa shape index (κ1) is 14.0. The van der Waals surface area contributed by atoms with Crippen LogP contribution in [0.3, 0.4) is 0 Å². The van der Waals surface area contributed by atoms with Gasteiger partial charge < -0.3 is 10.6 Å². The second-order valence-electron chi connectivity index (χ2n) is 5.23. The highest BCUT2D eigenvalue weighted by Gasteiger charge is 2.19. The molecule has 108 valence electrons. The standard InChI is InChI=1S/C17H18N2OS/c1-21-15-7-6-13-8-9-19(16(13)10-15)11-12-2-4-14(5-3-12)17(18)20/h2-7,10H,8-9,11H2,1H3,(H2,18,20). The Morgan fingerprint density at radius 1 is 1.24 bits per heavy atom. The summed E-state index contributed by atoms with van der Waals surface area (Å²) in [7, 11) is 0. The number of primary amides is 1. The molecule has 1 aliphatic heterocycles. The Morgan fingerprint density at radius 3 is 2.67 bits per heavy atom. The summed E-state index contributed by atoms with van der Waals surface area (Å²) in [4.78, 5) is 14.8. The topological polar surface area (TPSA) is 46.3 Å². The first-order valence-corrected chi connectivity index (χ1v) is 8.20. The van der Waals surface area contributed by atoms with Crippen molar-refractivity contribution in [3.63, 3.8) is 0 Å². The second-order valence-corrected chi connectivity index (χ2v) is 6.11. The Balaban J connectivity index is 1.80. The van der Waals surface area contributed by atoms with Crippen molar-refractivity contribution in [1.29, 1.82) is 0 Å². The van der Waals surface area contributed by atoms with Gasteiger partial charge in [0.1, 0.15) is 0 Å². The van der Waals surface area contributed by atoms with Gasteiger partial charge in [-0.2, -0.15) is 0 Å². The molecule has 0 saturated carbocycles. The maximum Gasteiger partial charge on any atom is 0.248 e. The van der Waals surface area contributed by atoms with E-state index in [4.69, 9.17) is 5.73 Å². The number of rotatable bonds is 4. The van der Waals surface area contributed by atoms with Gasteiger partial charge in [0.05, 0.1) is 0 Å². The van der Waals surface area contributed by atoms with E-state index < -0.39 is 0 Å². The summed E-state index contributed by atoms with van der Waals surface area (Å²) in [5.74, 6) is -0.377. The van der Waals surface area contributed by atoms with Gasteiger partial charge in [0.15, 0.2) is 0 Å². The van der Waals surface area contributed by atoms with Gasteiger partial charge in [-0.25, -0.2) is 0 Å². The van der Waals surface area contributed by atoms with Crippen LogP contribution < -0.4 is 10.6 Å². The van der Waals surface area contributed by atoms with Crippen LogP contribution in [0.1, 0.15) is 21.5 Å². The lowest BCUT2D eigenvalue weighted by Gasteiger charge is -2.20. The van der Waals surface area contributed by atoms with Gasteiger partial charge in [0.25, 0.3) is 0 Å². The summed E-state index contributed by atoms with van der Waals surface area (Å²) < 4.78 is 0. The number of hydrogen-bond acceptors (Lipinski definition) is 3. The molecule has 21 heavy (non-hydrogen) atoms. The number of carbonyl (C=O) groups is 1. The predicted molar refractivity (Wildman–Crippen MR) is 87.9 cm³/mol. The molecule has 1 heterocycles. The van der Waals surface area contributed by atoms with Crippen LogP contribution in [0.4, 0.5) is 5.69 Å². The van der Waals surface area contributed by atoms with Gasteiger partial charge in [-0.15, -0.1) is 11.8 Å². The number of thioether (sulfide) groups is 1. The fourth-order valence-electron chi connectivity index (χ4n) is 2.71. The molecule has 3 rings (SSSR count). The van der Waals surface area contributed by atoms with Crippen LogP contribution in [0, 0.1) is 0 Å². The molecule has 1 amide bonds. The van der Waals surface area contributed by atoms with Crippen LogP contribution in [0.25, 0.3) is 0 Å². The lowest BCUT2D eigenvalue weighted by Crippen LogP contribution is -2.19. The van der Waals surface area contributed by atoms with Gasteiger partial charge in [-0.1, -0.05) is 18.2 Å². The van der Waals surface area contributed by atoms with E-state index in [1.165, 1.54) is 21.7 Å². The van der Waals surface area contributed by atoms with E-state index in [1.54, 1.807) is 23.9 Å². The lowest BCUT2D eigenvalue weighted by atomic mass is 10.1. The molecule has 1 aliphatic rings. The Hall–Kier alpha value is -1.94. The number of carbonyl (C=O) groups excluding carboxylic acids is 1. The van der Waals surface area contributed by atoms with Crippen LogP contribution in [0.5, 0.6) is 0 Å². The number of benzene rings is 2. The molecule has 2 aromatic carbocycles. The number of anilines is 1. The average Bonchev–Trinajstić information content (AvgIpc) is 2.90. The van der Waals surface area contributed by atoms with Crippen LogP contribution >= 0.6 is 11.8 Å². The monoisotopic (exact) mass is 298 g/mol. The number of nitrogens with two attached hydrogens (primary N) is 1. The highest BCUT2D eigenvalue weighted by atomic mass is 32.2. The van der Waals surface area contributed by atoms with Gasteiger partial charge in [0, 0.05) is 29.2 Å². The molecule has 0 spiro atoms. The SMILES string of the molecule is CSc1ccc2c(c1)N(Cc1ccc(C(N)=O)cc1)CC2. The first-order chi connectivity index (χ1) is 10.2. The molecule has 2 N–H and O–H groups in total. The maximum absolute atomic E-state index is 11.1. The molecule has 0 aliphatic carbocycles. The normalized spacial score (nSPS) is 13.3. The van der Waals surface area contributed by atoms with Crippen molar-refractivity contribution >= 4 is 23.4 Å². The number of hydrogen-bond donors (Lipinski definition) is 1. The van der Waals surface area contributed by atoms with Gasteiger partial charge in [-0.3, -0.25) is 4.79 Å². The second kappa shape index (κ2) is 5.82. The molecule has 0 unspecified atom stereocenters. The molecule has 0 aromatic heterocycles. The van der Waals surface area contributed by atoms with E-state index >= 15 is 0 Å². The predicted octanol–water partition coefficient (Wildman–Crippen LogP) is 3.07. The van der Waals surface area contributed by atoms with Crippen LogP contribution in [-0.4, -0.2) is 18.7 Å². The van der Waals surface area contributed by atoms with E-state index in [-0.39, 0.29) is 5.91 Å². The highest BCUT2D eigenvalue weighted by molar-refractivity contribution is 7.98. The molecule has 0 bridgehead atoms. The molecule has 2 aromatic rings. The highest BCUT2D eigenvalue weighted by Crippen LogP contribution is 2.32. The molecule has 3 nitrogen and oxygen atoms in total. The molecule has 0 fully saturated rings. The van der Waals surface area contributed by atoms with Crippen molar-refractivity contribution < 1.29 is 4.79 Å². The third kappa shape index (κ3) is 2.90. The van der Waals surface area contributed by atoms with Crippen molar-refractivity contribution in [3.8, 4) is 0 Å². The van der Waals surface area contributed by atoms with Crippen LogP contribution in [-0.2, 0) is 13.0 Å². The number of nitrogens with zero attached hydrogens (tertiary/aromatic N) is 1. The average molecular weight is 298 g/mol. The zero-order valence-corrected chi connectivity index (χ0v) is 12.8. The third-order valence-corrected chi connectivity index (χ3v) is 4.62. The molecule has 0 atom stereocenters. The van der Waals surface area contributed by atoms with Crippen molar-refractivity contribution in [2.45, 2.75) is 17.9 Å². The van der Waals surface area contributed by atoms with Crippen LogP contribution in [0.15, 0.2) is 47.4 Å². The maximum atomic E-state index is 11.1. The molecule has 0 radical (unpaired) electrons. The van der Waals surface area contributed by atoms with E-state index in [1.807, 2.05) is 12.1 Å².